The largest absolute Gasteiger partial charge is 0.326 e. The van der Waals surface area contributed by atoms with Gasteiger partial charge in [-0.1, -0.05) is 13.0 Å². The second-order valence-corrected chi connectivity index (χ2v) is 4.21. The Morgan fingerprint density at radius 2 is 1.95 bits per heavy atom. The summed E-state index contributed by atoms with van der Waals surface area (Å²) in [5.74, 6) is -0.373. The van der Waals surface area contributed by atoms with Crippen molar-refractivity contribution in [2.24, 2.45) is 5.73 Å². The van der Waals surface area contributed by atoms with E-state index in [2.05, 4.69) is 10.6 Å². The van der Waals surface area contributed by atoms with Gasteiger partial charge in [0.05, 0.1) is 6.04 Å². The lowest BCUT2D eigenvalue weighted by Crippen LogP contribution is -2.34. The lowest BCUT2D eigenvalue weighted by Gasteiger charge is -2.12. The van der Waals surface area contributed by atoms with Crippen LogP contribution in [-0.4, -0.2) is 17.9 Å². The summed E-state index contributed by atoms with van der Waals surface area (Å²) >= 11 is 0. The van der Waals surface area contributed by atoms with E-state index >= 15 is 0 Å². The maximum absolute atomic E-state index is 11.6. The highest BCUT2D eigenvalue weighted by atomic mass is 35.5. The molecule has 0 heterocycles. The van der Waals surface area contributed by atoms with Gasteiger partial charge in [0.25, 0.3) is 0 Å². The highest BCUT2D eigenvalue weighted by Gasteiger charge is 2.11. The lowest BCUT2D eigenvalue weighted by molar-refractivity contribution is -0.117. The molecule has 1 aromatic carbocycles. The second kappa shape index (κ2) is 7.76. The first kappa shape index (κ1) is 17.4. The summed E-state index contributed by atoms with van der Waals surface area (Å²) in [6.07, 6.45) is 0.580. The molecule has 0 fully saturated rings. The van der Waals surface area contributed by atoms with E-state index < -0.39 is 6.04 Å². The molecule has 0 aromatic heterocycles. The Kier molecular flexibility index (Phi) is 7.11. The molecule has 1 atom stereocenters. The maximum atomic E-state index is 11.6. The van der Waals surface area contributed by atoms with Gasteiger partial charge in [0.2, 0.25) is 11.8 Å². The lowest BCUT2D eigenvalue weighted by atomic mass is 10.1. The number of hydrogen-bond donors (Lipinski definition) is 3. The van der Waals surface area contributed by atoms with Gasteiger partial charge in [0.1, 0.15) is 0 Å². The van der Waals surface area contributed by atoms with Gasteiger partial charge in [-0.15, -0.1) is 12.4 Å². The predicted octanol–water partition coefficient (Wildman–Crippen LogP) is 2.05. The van der Waals surface area contributed by atoms with Gasteiger partial charge in [-0.05, 0) is 31.0 Å². The van der Waals surface area contributed by atoms with Crippen LogP contribution in [0.5, 0.6) is 0 Å². The first-order valence-corrected chi connectivity index (χ1v) is 5.88. The monoisotopic (exact) mass is 285 g/mol. The minimum Gasteiger partial charge on any atom is -0.326 e. The third-order valence-electron chi connectivity index (χ3n) is 2.59. The van der Waals surface area contributed by atoms with Crippen LogP contribution in [0.1, 0.15) is 25.8 Å². The number of nitrogens with two attached hydrogens (primary N) is 1. The molecule has 1 rings (SSSR count). The number of anilines is 2. The van der Waals surface area contributed by atoms with Crippen LogP contribution in [0.3, 0.4) is 0 Å². The van der Waals surface area contributed by atoms with E-state index in [9.17, 15) is 9.59 Å². The highest BCUT2D eigenvalue weighted by molar-refractivity contribution is 5.96. The van der Waals surface area contributed by atoms with Crippen molar-refractivity contribution in [2.45, 2.75) is 33.2 Å². The van der Waals surface area contributed by atoms with Crippen LogP contribution in [-0.2, 0) is 9.59 Å². The van der Waals surface area contributed by atoms with E-state index in [1.54, 1.807) is 12.1 Å². The quantitative estimate of drug-likeness (QED) is 0.791. The third kappa shape index (κ3) is 5.28. The van der Waals surface area contributed by atoms with Crippen LogP contribution < -0.4 is 16.4 Å². The number of carbonyl (C=O) groups excluding carboxylic acids is 2. The summed E-state index contributed by atoms with van der Waals surface area (Å²) in [4.78, 5) is 22.7. The molecule has 0 saturated heterocycles. The molecular formula is C13H20ClN3O2. The Labute approximate surface area is 119 Å². The molecule has 6 heteroatoms. The number of nitrogens with one attached hydrogen (secondary N) is 2. The Bertz CT molecular complexity index is 463. The number of rotatable bonds is 4. The van der Waals surface area contributed by atoms with Gasteiger partial charge in [0.15, 0.2) is 0 Å². The molecule has 5 nitrogen and oxygen atoms in total. The maximum Gasteiger partial charge on any atom is 0.241 e. The van der Waals surface area contributed by atoms with Gasteiger partial charge >= 0.3 is 0 Å². The SMILES string of the molecule is CC[C@H](N)C(=O)Nc1ccc(C)c(NC(C)=O)c1.Cl. The number of carbonyl (C=O) groups is 2. The Hall–Kier alpha value is -1.59. The van der Waals surface area contributed by atoms with E-state index in [0.717, 1.165) is 5.56 Å². The van der Waals surface area contributed by atoms with Gasteiger partial charge in [0, 0.05) is 18.3 Å². The predicted molar refractivity (Wildman–Crippen MR) is 79.6 cm³/mol. The zero-order valence-corrected chi connectivity index (χ0v) is 12.1. The molecule has 0 radical (unpaired) electrons. The fraction of sp³-hybridized carbons (Fsp3) is 0.385. The van der Waals surface area contributed by atoms with Crippen LogP contribution in [0.15, 0.2) is 18.2 Å². The minimum absolute atomic E-state index is 0. The topological polar surface area (TPSA) is 84.2 Å². The molecule has 19 heavy (non-hydrogen) atoms. The van der Waals surface area contributed by atoms with Gasteiger partial charge in [-0.25, -0.2) is 0 Å². The van der Waals surface area contributed by atoms with E-state index in [-0.39, 0.29) is 24.2 Å². The highest BCUT2D eigenvalue weighted by Crippen LogP contribution is 2.20. The van der Waals surface area contributed by atoms with Crippen LogP contribution in [0, 0.1) is 6.92 Å². The van der Waals surface area contributed by atoms with Crippen molar-refractivity contribution in [1.29, 1.82) is 0 Å². The average Bonchev–Trinajstić information content (AvgIpc) is 2.31. The Morgan fingerprint density at radius 1 is 1.32 bits per heavy atom. The number of halogens is 1. The molecule has 2 amide bonds. The molecule has 0 spiro atoms. The van der Waals surface area contributed by atoms with Gasteiger partial charge in [-0.3, -0.25) is 9.59 Å². The molecule has 0 bridgehead atoms. The van der Waals surface area contributed by atoms with E-state index in [0.29, 0.717) is 17.8 Å². The van der Waals surface area contributed by atoms with Gasteiger partial charge < -0.3 is 16.4 Å². The number of aryl methyl sites for hydroxylation is 1. The summed E-state index contributed by atoms with van der Waals surface area (Å²) in [6.45, 7) is 5.18. The van der Waals surface area contributed by atoms with Crippen molar-refractivity contribution in [1.82, 2.24) is 0 Å². The zero-order chi connectivity index (χ0) is 13.7. The van der Waals surface area contributed by atoms with Crippen LogP contribution >= 0.6 is 12.4 Å². The van der Waals surface area contributed by atoms with Crippen molar-refractivity contribution in [2.75, 3.05) is 10.6 Å². The van der Waals surface area contributed by atoms with E-state index in [1.165, 1.54) is 6.92 Å². The van der Waals surface area contributed by atoms with Crippen molar-refractivity contribution in [3.8, 4) is 0 Å². The minimum atomic E-state index is -0.518. The molecule has 4 N–H and O–H groups in total. The first-order chi connectivity index (χ1) is 8.43. The van der Waals surface area contributed by atoms with Crippen molar-refractivity contribution in [3.63, 3.8) is 0 Å². The Morgan fingerprint density at radius 3 is 2.47 bits per heavy atom. The third-order valence-corrected chi connectivity index (χ3v) is 2.59. The molecule has 1 aromatic rings. The second-order valence-electron chi connectivity index (χ2n) is 4.21. The number of amides is 2. The molecular weight excluding hydrogens is 266 g/mol. The first-order valence-electron chi connectivity index (χ1n) is 5.88. The molecule has 0 aliphatic carbocycles. The Balaban J connectivity index is 0.00000324. The smallest absolute Gasteiger partial charge is 0.241 e. The van der Waals surface area contributed by atoms with E-state index in [1.807, 2.05) is 19.9 Å². The van der Waals surface area contributed by atoms with E-state index in [4.69, 9.17) is 5.73 Å². The number of benzene rings is 1. The summed E-state index contributed by atoms with van der Waals surface area (Å²) in [6, 6.07) is 4.81. The fourth-order valence-electron chi connectivity index (χ4n) is 1.44. The van der Waals surface area contributed by atoms with Crippen LogP contribution in [0.2, 0.25) is 0 Å². The molecule has 0 unspecified atom stereocenters. The standard InChI is InChI=1S/C13H19N3O2.ClH/c1-4-11(14)13(18)16-10-6-5-8(2)12(7-10)15-9(3)17;/h5-7,11H,4,14H2,1-3H3,(H,15,17)(H,16,18);1H/t11-;/m0./s1. The molecule has 106 valence electrons. The summed E-state index contributed by atoms with van der Waals surface area (Å²) in [5, 5.41) is 5.43. The summed E-state index contributed by atoms with van der Waals surface area (Å²) < 4.78 is 0. The molecule has 0 aliphatic rings. The number of hydrogen-bond acceptors (Lipinski definition) is 3. The molecule has 0 aliphatic heterocycles. The van der Waals surface area contributed by atoms with Gasteiger partial charge in [-0.2, -0.15) is 0 Å². The van der Waals surface area contributed by atoms with Crippen LogP contribution in [0.4, 0.5) is 11.4 Å². The normalized spacial score (nSPS) is 11.2. The van der Waals surface area contributed by atoms with Crippen LogP contribution in [0.25, 0.3) is 0 Å². The van der Waals surface area contributed by atoms with Crippen molar-refractivity contribution >= 4 is 35.6 Å². The van der Waals surface area contributed by atoms with Crippen molar-refractivity contribution in [3.05, 3.63) is 23.8 Å². The zero-order valence-electron chi connectivity index (χ0n) is 11.3. The fourth-order valence-corrected chi connectivity index (χ4v) is 1.44. The summed E-state index contributed by atoms with van der Waals surface area (Å²) in [7, 11) is 0. The van der Waals surface area contributed by atoms with Crippen molar-refractivity contribution < 1.29 is 9.59 Å². The average molecular weight is 286 g/mol. The summed E-state index contributed by atoms with van der Waals surface area (Å²) in [5.41, 5.74) is 7.87. The molecule has 0 saturated carbocycles.